The fraction of sp³-hybridized carbons (Fsp3) is 0.294. The molecule has 1 aromatic rings. The lowest BCUT2D eigenvalue weighted by Crippen LogP contribution is -2.52. The summed E-state index contributed by atoms with van der Waals surface area (Å²) in [6.45, 7) is 0. The standard InChI is InChI=1S/C17H17NO8S2/c1-24-10-4-8(5-11(25-2)14(10)26-3)6-12-15(21)18(17(27)28-12)9(16(22)23)7-13(19)20/h4-6,9H,7H2,1-3H3,(H,19,20)(H,22,23)/p-2/b12-6-/t9-/m1/s1. The first kappa shape index (κ1) is 21.5. The Hall–Kier alpha value is -2.79. The van der Waals surface area contributed by atoms with E-state index in [1.54, 1.807) is 12.1 Å². The van der Waals surface area contributed by atoms with E-state index in [2.05, 4.69) is 0 Å². The molecule has 2 rings (SSSR count). The number of carbonyl (C=O) groups excluding carboxylic acids is 3. The molecule has 28 heavy (non-hydrogen) atoms. The Bertz CT molecular complexity index is 842. The number of hydrogen-bond acceptors (Lipinski definition) is 10. The minimum absolute atomic E-state index is 0.0980. The lowest BCUT2D eigenvalue weighted by Gasteiger charge is -2.27. The molecular weight excluding hydrogens is 410 g/mol. The van der Waals surface area contributed by atoms with Gasteiger partial charge in [-0.1, -0.05) is 24.0 Å². The molecule has 1 aromatic carbocycles. The predicted octanol–water partition coefficient (Wildman–Crippen LogP) is -0.828. The second-order valence-corrected chi connectivity index (χ2v) is 7.10. The number of methoxy groups -OCH3 is 3. The summed E-state index contributed by atoms with van der Waals surface area (Å²) >= 11 is 5.89. The normalized spacial score (nSPS) is 16.2. The fourth-order valence-electron chi connectivity index (χ4n) is 2.52. The van der Waals surface area contributed by atoms with Crippen molar-refractivity contribution in [1.29, 1.82) is 0 Å². The summed E-state index contributed by atoms with van der Waals surface area (Å²) in [6, 6.07) is 1.42. The molecule has 0 bridgehead atoms. The first-order chi connectivity index (χ1) is 13.2. The van der Waals surface area contributed by atoms with Crippen LogP contribution in [0.4, 0.5) is 0 Å². The highest BCUT2D eigenvalue weighted by Crippen LogP contribution is 2.40. The Morgan fingerprint density at radius 2 is 1.75 bits per heavy atom. The molecule has 1 aliphatic rings. The molecule has 11 heteroatoms. The second kappa shape index (κ2) is 8.93. The summed E-state index contributed by atoms with van der Waals surface area (Å²) in [5.74, 6) is -3.06. The fourth-order valence-corrected chi connectivity index (χ4v) is 3.88. The van der Waals surface area contributed by atoms with Crippen LogP contribution in [0.2, 0.25) is 0 Å². The van der Waals surface area contributed by atoms with E-state index in [0.717, 1.165) is 11.8 Å². The van der Waals surface area contributed by atoms with Gasteiger partial charge in [-0.2, -0.15) is 0 Å². The number of carbonyl (C=O) groups is 3. The molecule has 0 unspecified atom stereocenters. The van der Waals surface area contributed by atoms with Crippen molar-refractivity contribution in [1.82, 2.24) is 4.90 Å². The van der Waals surface area contributed by atoms with Crippen LogP contribution in [0.1, 0.15) is 12.0 Å². The van der Waals surface area contributed by atoms with Crippen molar-refractivity contribution < 1.29 is 38.8 Å². The monoisotopic (exact) mass is 425 g/mol. The lowest BCUT2D eigenvalue weighted by molar-refractivity contribution is -0.319. The quantitative estimate of drug-likeness (QED) is 0.384. The zero-order chi connectivity index (χ0) is 21.0. The Kier molecular flexibility index (Phi) is 6.86. The minimum Gasteiger partial charge on any atom is -0.550 e. The molecule has 1 amide bonds. The van der Waals surface area contributed by atoms with Crippen molar-refractivity contribution >= 4 is 52.2 Å². The van der Waals surface area contributed by atoms with Gasteiger partial charge in [0.05, 0.1) is 38.2 Å². The molecule has 0 saturated carbocycles. The number of amides is 1. The van der Waals surface area contributed by atoms with E-state index < -0.39 is 30.3 Å². The molecule has 9 nitrogen and oxygen atoms in total. The van der Waals surface area contributed by atoms with E-state index in [9.17, 15) is 24.6 Å². The van der Waals surface area contributed by atoms with Crippen LogP contribution in [0.25, 0.3) is 6.08 Å². The van der Waals surface area contributed by atoms with E-state index in [1.165, 1.54) is 27.4 Å². The van der Waals surface area contributed by atoms with E-state index in [4.69, 9.17) is 26.4 Å². The van der Waals surface area contributed by atoms with Gasteiger partial charge >= 0.3 is 0 Å². The first-order valence-corrected chi connectivity index (χ1v) is 8.93. The highest BCUT2D eigenvalue weighted by atomic mass is 32.2. The van der Waals surface area contributed by atoms with Crippen LogP contribution in [-0.4, -0.2) is 54.4 Å². The third kappa shape index (κ3) is 4.37. The number of aliphatic carboxylic acids is 2. The minimum atomic E-state index is -1.76. The Morgan fingerprint density at radius 1 is 1.18 bits per heavy atom. The predicted molar refractivity (Wildman–Crippen MR) is 99.5 cm³/mol. The molecule has 1 aliphatic heterocycles. The van der Waals surface area contributed by atoms with Crippen LogP contribution in [0.15, 0.2) is 17.0 Å². The van der Waals surface area contributed by atoms with Gasteiger partial charge in [-0.15, -0.1) is 0 Å². The molecule has 150 valence electrons. The van der Waals surface area contributed by atoms with Crippen molar-refractivity contribution in [2.75, 3.05) is 21.3 Å². The number of rotatable bonds is 8. The Labute approximate surface area is 169 Å². The molecule has 0 radical (unpaired) electrons. The molecule has 1 saturated heterocycles. The summed E-state index contributed by atoms with van der Waals surface area (Å²) < 4.78 is 15.6. The summed E-state index contributed by atoms with van der Waals surface area (Å²) in [5, 5.41) is 22.1. The zero-order valence-electron chi connectivity index (χ0n) is 15.0. The maximum Gasteiger partial charge on any atom is 0.266 e. The zero-order valence-corrected chi connectivity index (χ0v) is 16.7. The molecular formula is C17H15NO8S2-2. The van der Waals surface area contributed by atoms with Gasteiger partial charge in [0, 0.05) is 12.4 Å². The number of carboxylic acids is 2. The maximum atomic E-state index is 12.6. The number of benzene rings is 1. The van der Waals surface area contributed by atoms with Gasteiger partial charge in [0.1, 0.15) is 4.32 Å². The van der Waals surface area contributed by atoms with E-state index in [-0.39, 0.29) is 9.23 Å². The lowest BCUT2D eigenvalue weighted by atomic mass is 10.1. The van der Waals surface area contributed by atoms with E-state index in [1.807, 2.05) is 0 Å². The largest absolute Gasteiger partial charge is 0.550 e. The highest BCUT2D eigenvalue weighted by Gasteiger charge is 2.37. The smallest absolute Gasteiger partial charge is 0.266 e. The van der Waals surface area contributed by atoms with Gasteiger partial charge in [-0.3, -0.25) is 9.69 Å². The second-order valence-electron chi connectivity index (χ2n) is 5.42. The molecule has 1 fully saturated rings. The summed E-state index contributed by atoms with van der Waals surface area (Å²) in [5.41, 5.74) is 0.500. The number of hydrogen-bond donors (Lipinski definition) is 0. The number of thioether (sulfide) groups is 1. The van der Waals surface area contributed by atoms with Crippen LogP contribution in [0, 0.1) is 0 Å². The van der Waals surface area contributed by atoms with Gasteiger partial charge < -0.3 is 34.0 Å². The Balaban J connectivity index is 2.43. The van der Waals surface area contributed by atoms with Crippen LogP contribution in [0.5, 0.6) is 17.2 Å². The van der Waals surface area contributed by atoms with E-state index in [0.29, 0.717) is 27.7 Å². The first-order valence-electron chi connectivity index (χ1n) is 7.71. The Morgan fingerprint density at radius 3 is 2.18 bits per heavy atom. The third-order valence-electron chi connectivity index (χ3n) is 3.75. The maximum absolute atomic E-state index is 12.6. The summed E-state index contributed by atoms with van der Waals surface area (Å²) in [7, 11) is 4.32. The molecule has 1 atom stereocenters. The number of carboxylic acid groups (broad SMARTS) is 2. The van der Waals surface area contributed by atoms with E-state index >= 15 is 0 Å². The highest BCUT2D eigenvalue weighted by molar-refractivity contribution is 8.26. The molecule has 0 spiro atoms. The van der Waals surface area contributed by atoms with Crippen molar-refractivity contribution in [3.8, 4) is 17.2 Å². The van der Waals surface area contributed by atoms with Gasteiger partial charge in [0.2, 0.25) is 5.75 Å². The van der Waals surface area contributed by atoms with Crippen molar-refractivity contribution in [2.45, 2.75) is 12.5 Å². The van der Waals surface area contributed by atoms with Gasteiger partial charge in [-0.05, 0) is 23.8 Å². The number of ether oxygens (including phenoxy) is 3. The number of thiocarbonyl (C=S) groups is 1. The topological polar surface area (TPSA) is 128 Å². The molecule has 0 aromatic heterocycles. The van der Waals surface area contributed by atoms with Crippen LogP contribution in [-0.2, 0) is 14.4 Å². The molecule has 0 aliphatic carbocycles. The van der Waals surface area contributed by atoms with Gasteiger partial charge in [0.15, 0.2) is 11.5 Å². The summed E-state index contributed by atoms with van der Waals surface area (Å²) in [6.07, 6.45) is 0.515. The third-order valence-corrected chi connectivity index (χ3v) is 5.08. The van der Waals surface area contributed by atoms with Crippen LogP contribution >= 0.6 is 24.0 Å². The van der Waals surface area contributed by atoms with Crippen LogP contribution < -0.4 is 24.4 Å². The van der Waals surface area contributed by atoms with Crippen molar-refractivity contribution in [3.05, 3.63) is 22.6 Å². The summed E-state index contributed by atoms with van der Waals surface area (Å²) in [4.78, 5) is 35.5. The number of nitrogens with zero attached hydrogens (tertiary/aromatic N) is 1. The van der Waals surface area contributed by atoms with Crippen molar-refractivity contribution in [3.63, 3.8) is 0 Å². The van der Waals surface area contributed by atoms with Gasteiger partial charge in [-0.25, -0.2) is 0 Å². The molecule has 0 N–H and O–H groups in total. The molecule has 1 heterocycles. The average molecular weight is 425 g/mol. The van der Waals surface area contributed by atoms with Crippen molar-refractivity contribution in [2.24, 2.45) is 0 Å². The average Bonchev–Trinajstić information content (AvgIpc) is 2.91. The van der Waals surface area contributed by atoms with Gasteiger partial charge in [0.25, 0.3) is 5.91 Å². The van der Waals surface area contributed by atoms with Crippen LogP contribution in [0.3, 0.4) is 0 Å². The SMILES string of the molecule is COc1cc(/C=C2\SC(=S)N([C@H](CC(=O)[O-])C(=O)[O-])C2=O)cc(OC)c1OC.